The van der Waals surface area contributed by atoms with Gasteiger partial charge in [-0.15, -0.1) is 0 Å². The fourth-order valence-electron chi connectivity index (χ4n) is 2.38. The number of carbonyl (C=O) groups is 2. The molecule has 1 saturated heterocycles. The first-order valence-electron chi connectivity index (χ1n) is 6.92. The third kappa shape index (κ3) is 4.26. The molecule has 0 bridgehead atoms. The Labute approximate surface area is 122 Å². The lowest BCUT2D eigenvalue weighted by atomic mass is 10.1. The highest BCUT2D eigenvalue weighted by Crippen LogP contribution is 2.15. The molecule has 1 aliphatic rings. The van der Waals surface area contributed by atoms with Crippen molar-refractivity contribution >= 4 is 11.9 Å². The first-order chi connectivity index (χ1) is 9.95. The molecule has 1 aromatic rings. The minimum absolute atomic E-state index is 0.179. The van der Waals surface area contributed by atoms with Crippen molar-refractivity contribution in [3.8, 4) is 0 Å². The molecule has 2 N–H and O–H groups in total. The quantitative estimate of drug-likeness (QED) is 0.855. The Morgan fingerprint density at radius 1 is 1.48 bits per heavy atom. The number of aryl methyl sites for hydroxylation is 1. The lowest BCUT2D eigenvalue weighted by Crippen LogP contribution is -2.36. The van der Waals surface area contributed by atoms with E-state index >= 15 is 0 Å². The fourth-order valence-corrected chi connectivity index (χ4v) is 2.38. The molecule has 114 valence electrons. The van der Waals surface area contributed by atoms with Gasteiger partial charge in [-0.25, -0.2) is 4.39 Å². The van der Waals surface area contributed by atoms with Crippen molar-refractivity contribution in [3.05, 3.63) is 35.1 Å². The molecule has 2 rings (SSSR count). The van der Waals surface area contributed by atoms with Crippen LogP contribution in [0.15, 0.2) is 18.2 Å². The molecule has 0 radical (unpaired) electrons. The Hall–Kier alpha value is -1.95. The minimum Gasteiger partial charge on any atom is -0.481 e. The number of halogens is 1. The number of hydrogen-bond donors (Lipinski definition) is 2. The highest BCUT2D eigenvalue weighted by Gasteiger charge is 2.28. The van der Waals surface area contributed by atoms with E-state index in [0.717, 1.165) is 0 Å². The topological polar surface area (TPSA) is 69.6 Å². The largest absolute Gasteiger partial charge is 0.481 e. The molecule has 6 heteroatoms. The monoisotopic (exact) mass is 294 g/mol. The van der Waals surface area contributed by atoms with Crippen molar-refractivity contribution in [2.24, 2.45) is 5.92 Å². The van der Waals surface area contributed by atoms with E-state index in [2.05, 4.69) is 5.32 Å². The predicted molar refractivity (Wildman–Crippen MR) is 75.2 cm³/mol. The van der Waals surface area contributed by atoms with Gasteiger partial charge in [0.25, 0.3) is 0 Å². The normalized spacial score (nSPS) is 18.7. The molecule has 1 aliphatic heterocycles. The van der Waals surface area contributed by atoms with Crippen LogP contribution in [0, 0.1) is 18.7 Å². The molecule has 5 nitrogen and oxygen atoms in total. The molecule has 0 spiro atoms. The van der Waals surface area contributed by atoms with Gasteiger partial charge >= 0.3 is 5.97 Å². The Kier molecular flexibility index (Phi) is 4.90. The molecule has 21 heavy (non-hydrogen) atoms. The van der Waals surface area contributed by atoms with E-state index in [4.69, 9.17) is 5.11 Å². The summed E-state index contributed by atoms with van der Waals surface area (Å²) in [5, 5.41) is 11.6. The van der Waals surface area contributed by atoms with Crippen LogP contribution in [0.25, 0.3) is 0 Å². The van der Waals surface area contributed by atoms with E-state index in [9.17, 15) is 14.0 Å². The molecule has 1 fully saturated rings. The highest BCUT2D eigenvalue weighted by atomic mass is 19.1. The van der Waals surface area contributed by atoms with Crippen molar-refractivity contribution in [3.63, 3.8) is 0 Å². The van der Waals surface area contributed by atoms with Crippen LogP contribution in [0.5, 0.6) is 0 Å². The van der Waals surface area contributed by atoms with E-state index in [0.29, 0.717) is 30.6 Å². The average molecular weight is 294 g/mol. The maximum absolute atomic E-state index is 13.4. The summed E-state index contributed by atoms with van der Waals surface area (Å²) in [5.41, 5.74) is 1.28. The molecule has 0 aliphatic carbocycles. The van der Waals surface area contributed by atoms with Crippen LogP contribution in [0.3, 0.4) is 0 Å². The van der Waals surface area contributed by atoms with E-state index in [1.54, 1.807) is 19.1 Å². The lowest BCUT2D eigenvalue weighted by molar-refractivity contribution is -0.141. The van der Waals surface area contributed by atoms with Crippen molar-refractivity contribution in [2.45, 2.75) is 19.9 Å². The van der Waals surface area contributed by atoms with Crippen LogP contribution in [0.4, 0.5) is 4.39 Å². The van der Waals surface area contributed by atoms with Gasteiger partial charge in [-0.2, -0.15) is 0 Å². The molecular formula is C15H19FN2O3. The van der Waals surface area contributed by atoms with Gasteiger partial charge in [0, 0.05) is 13.1 Å². The SMILES string of the molecule is Cc1ccc(CNC(=O)CN2CCC(C(=O)O)C2)cc1F. The fraction of sp³-hybridized carbons (Fsp3) is 0.467. The first-order valence-corrected chi connectivity index (χ1v) is 6.92. The van der Waals surface area contributed by atoms with Crippen LogP contribution < -0.4 is 5.32 Å². The van der Waals surface area contributed by atoms with Gasteiger partial charge in [0.2, 0.25) is 5.91 Å². The van der Waals surface area contributed by atoms with E-state index in [-0.39, 0.29) is 30.7 Å². The second-order valence-corrected chi connectivity index (χ2v) is 5.42. The number of rotatable bonds is 5. The second kappa shape index (κ2) is 6.67. The van der Waals surface area contributed by atoms with E-state index in [1.807, 2.05) is 4.90 Å². The molecule has 1 amide bonds. The van der Waals surface area contributed by atoms with Crippen molar-refractivity contribution in [1.29, 1.82) is 0 Å². The Bertz CT molecular complexity index is 548. The second-order valence-electron chi connectivity index (χ2n) is 5.42. The predicted octanol–water partition coefficient (Wildman–Crippen LogP) is 1.16. The first kappa shape index (κ1) is 15.4. The van der Waals surface area contributed by atoms with Crippen LogP contribution in [0.2, 0.25) is 0 Å². The summed E-state index contributed by atoms with van der Waals surface area (Å²) < 4.78 is 13.4. The maximum atomic E-state index is 13.4. The Balaban J connectivity index is 1.77. The number of amides is 1. The summed E-state index contributed by atoms with van der Waals surface area (Å²) in [7, 11) is 0. The number of carboxylic acid groups (broad SMARTS) is 1. The zero-order chi connectivity index (χ0) is 15.4. The van der Waals surface area contributed by atoms with Crippen LogP contribution in [-0.4, -0.2) is 41.5 Å². The summed E-state index contributed by atoms with van der Waals surface area (Å²) in [6.07, 6.45) is 0.575. The van der Waals surface area contributed by atoms with Gasteiger partial charge < -0.3 is 10.4 Å². The van der Waals surface area contributed by atoms with E-state index in [1.165, 1.54) is 6.07 Å². The van der Waals surface area contributed by atoms with Crippen molar-refractivity contribution < 1.29 is 19.1 Å². The Morgan fingerprint density at radius 3 is 2.86 bits per heavy atom. The van der Waals surface area contributed by atoms with Crippen LogP contribution >= 0.6 is 0 Å². The molecule has 0 aromatic heterocycles. The summed E-state index contributed by atoms with van der Waals surface area (Å²) in [5.74, 6) is -1.66. The number of benzene rings is 1. The third-order valence-corrected chi connectivity index (χ3v) is 3.71. The van der Waals surface area contributed by atoms with Gasteiger partial charge in [-0.1, -0.05) is 12.1 Å². The van der Waals surface area contributed by atoms with Gasteiger partial charge in [0.1, 0.15) is 5.82 Å². The number of likely N-dealkylation sites (tertiary alicyclic amines) is 1. The van der Waals surface area contributed by atoms with Gasteiger partial charge in [-0.3, -0.25) is 14.5 Å². The van der Waals surface area contributed by atoms with Crippen molar-refractivity contribution in [1.82, 2.24) is 10.2 Å². The highest BCUT2D eigenvalue weighted by molar-refractivity contribution is 5.78. The van der Waals surface area contributed by atoms with Crippen LogP contribution in [-0.2, 0) is 16.1 Å². The smallest absolute Gasteiger partial charge is 0.307 e. The zero-order valence-corrected chi connectivity index (χ0v) is 11.9. The molecule has 1 unspecified atom stereocenters. The third-order valence-electron chi connectivity index (χ3n) is 3.71. The molecule has 1 atom stereocenters. The molecular weight excluding hydrogens is 275 g/mol. The number of nitrogens with zero attached hydrogens (tertiary/aromatic N) is 1. The van der Waals surface area contributed by atoms with Gasteiger partial charge in [0.15, 0.2) is 0 Å². The zero-order valence-electron chi connectivity index (χ0n) is 11.9. The Morgan fingerprint density at radius 2 is 2.24 bits per heavy atom. The molecule has 1 aromatic carbocycles. The van der Waals surface area contributed by atoms with E-state index < -0.39 is 5.97 Å². The summed E-state index contributed by atoms with van der Waals surface area (Å²) >= 11 is 0. The van der Waals surface area contributed by atoms with Crippen LogP contribution in [0.1, 0.15) is 17.5 Å². The number of nitrogens with one attached hydrogen (secondary N) is 1. The minimum atomic E-state index is -0.812. The number of carboxylic acids is 1. The number of aliphatic carboxylic acids is 1. The molecule has 1 heterocycles. The summed E-state index contributed by atoms with van der Waals surface area (Å²) in [6, 6.07) is 4.86. The maximum Gasteiger partial charge on any atom is 0.307 e. The standard InChI is InChI=1S/C15H19FN2O3/c1-10-2-3-11(6-13(10)16)7-17-14(19)9-18-5-4-12(8-18)15(20)21/h2-3,6,12H,4-5,7-9H2,1H3,(H,17,19)(H,20,21). The van der Waals surface area contributed by atoms with Gasteiger partial charge in [-0.05, 0) is 37.1 Å². The van der Waals surface area contributed by atoms with Crippen molar-refractivity contribution in [2.75, 3.05) is 19.6 Å². The number of carbonyl (C=O) groups excluding carboxylic acids is 1. The van der Waals surface area contributed by atoms with Gasteiger partial charge in [0.05, 0.1) is 12.5 Å². The number of hydrogen-bond acceptors (Lipinski definition) is 3. The summed E-state index contributed by atoms with van der Waals surface area (Å²) in [6.45, 7) is 3.15. The lowest BCUT2D eigenvalue weighted by Gasteiger charge is -2.14. The molecule has 0 saturated carbocycles. The average Bonchev–Trinajstić information content (AvgIpc) is 2.89. The summed E-state index contributed by atoms with van der Waals surface area (Å²) in [4.78, 5) is 24.5.